The van der Waals surface area contributed by atoms with Crippen LogP contribution in [0.2, 0.25) is 0 Å². The predicted molar refractivity (Wildman–Crippen MR) is 93.7 cm³/mol. The molecule has 1 aromatic rings. The van der Waals surface area contributed by atoms with Crippen molar-refractivity contribution in [1.29, 1.82) is 0 Å². The van der Waals surface area contributed by atoms with Gasteiger partial charge in [0.15, 0.2) is 0 Å². The van der Waals surface area contributed by atoms with Crippen LogP contribution >= 0.6 is 0 Å². The Bertz CT molecular complexity index is 745. The van der Waals surface area contributed by atoms with Crippen molar-refractivity contribution < 1.29 is 14.0 Å². The van der Waals surface area contributed by atoms with Gasteiger partial charge in [0.2, 0.25) is 6.10 Å². The fourth-order valence-corrected chi connectivity index (χ4v) is 5.27. The lowest BCUT2D eigenvalue weighted by atomic mass is 9.65. The van der Waals surface area contributed by atoms with E-state index in [1.54, 1.807) is 18.2 Å². The monoisotopic (exact) mass is 344 g/mol. The molecule has 3 aliphatic rings. The highest BCUT2D eigenvalue weighted by Gasteiger charge is 2.52. The molecule has 1 amide bonds. The number of likely N-dealkylation sites (tertiary alicyclic amines) is 1. The third-order valence-electron chi connectivity index (χ3n) is 5.83. The lowest BCUT2D eigenvalue weighted by Gasteiger charge is -2.39. The number of fused-ring (bicyclic) bond motifs is 2. The first kappa shape index (κ1) is 16.6. The number of carbonyl (C=O) groups excluding carboxylic acids is 1. The number of carbonyl (C=O) groups is 1. The summed E-state index contributed by atoms with van der Waals surface area (Å²) >= 11 is 0. The van der Waals surface area contributed by atoms with E-state index in [-0.39, 0.29) is 28.6 Å². The first-order chi connectivity index (χ1) is 11.8. The van der Waals surface area contributed by atoms with Crippen LogP contribution in [0.1, 0.15) is 52.0 Å². The highest BCUT2D eigenvalue weighted by Crippen LogP contribution is 2.52. The van der Waals surface area contributed by atoms with Crippen molar-refractivity contribution in [3.8, 4) is 0 Å². The Morgan fingerprint density at radius 2 is 2.04 bits per heavy atom. The molecule has 25 heavy (non-hydrogen) atoms. The summed E-state index contributed by atoms with van der Waals surface area (Å²) < 4.78 is 14.0. The van der Waals surface area contributed by atoms with E-state index in [1.807, 2.05) is 4.90 Å². The second-order valence-corrected chi connectivity index (χ2v) is 9.00. The molecule has 4 rings (SSSR count). The van der Waals surface area contributed by atoms with Gasteiger partial charge in [0.05, 0.1) is 5.71 Å². The average Bonchev–Trinajstić information content (AvgIpc) is 3.09. The minimum Gasteiger partial charge on any atom is -0.382 e. The predicted octanol–water partition coefficient (Wildman–Crippen LogP) is 3.75. The summed E-state index contributed by atoms with van der Waals surface area (Å²) in [5.74, 6) is -0.328. The van der Waals surface area contributed by atoms with E-state index < -0.39 is 6.10 Å². The minimum absolute atomic E-state index is 0.00140. The van der Waals surface area contributed by atoms with Crippen LogP contribution in [-0.2, 0) is 9.63 Å². The van der Waals surface area contributed by atoms with Crippen molar-refractivity contribution in [2.24, 2.45) is 16.0 Å². The fraction of sp³-hybridized carbons (Fsp3) is 0.600. The summed E-state index contributed by atoms with van der Waals surface area (Å²) in [5.41, 5.74) is 1.39. The van der Waals surface area contributed by atoms with Gasteiger partial charge < -0.3 is 9.74 Å². The molecule has 2 heterocycles. The summed E-state index contributed by atoms with van der Waals surface area (Å²) in [4.78, 5) is 20.5. The van der Waals surface area contributed by atoms with Gasteiger partial charge in [-0.15, -0.1) is 0 Å². The third-order valence-corrected chi connectivity index (χ3v) is 5.83. The molecule has 1 aromatic carbocycles. The molecule has 0 radical (unpaired) electrons. The van der Waals surface area contributed by atoms with Crippen molar-refractivity contribution in [3.63, 3.8) is 0 Å². The summed E-state index contributed by atoms with van der Waals surface area (Å²) in [6, 6.07) is 6.77. The Hall–Kier alpha value is -1.91. The number of nitrogens with zero attached hydrogens (tertiary/aromatic N) is 2. The number of benzene rings is 1. The van der Waals surface area contributed by atoms with Crippen molar-refractivity contribution >= 4 is 11.6 Å². The van der Waals surface area contributed by atoms with Gasteiger partial charge in [0, 0.05) is 24.6 Å². The van der Waals surface area contributed by atoms with Gasteiger partial charge in [-0.2, -0.15) is 0 Å². The largest absolute Gasteiger partial charge is 0.382 e. The quantitative estimate of drug-likeness (QED) is 0.820. The molecular weight excluding hydrogens is 319 g/mol. The van der Waals surface area contributed by atoms with Gasteiger partial charge in [-0.3, -0.25) is 4.79 Å². The zero-order valence-corrected chi connectivity index (χ0v) is 15.1. The molecule has 0 spiro atoms. The molecule has 0 unspecified atom stereocenters. The molecule has 2 bridgehead atoms. The SMILES string of the molecule is CC1(C)C[C@@H]2C[C@@](C)(CN2C(=O)[C@@H]2CC(c3ccccc3F)=NO2)C1. The fourth-order valence-electron chi connectivity index (χ4n) is 5.27. The Balaban J connectivity index is 1.48. The summed E-state index contributed by atoms with van der Waals surface area (Å²) in [5, 5.41) is 4.00. The van der Waals surface area contributed by atoms with E-state index in [2.05, 4.69) is 25.9 Å². The van der Waals surface area contributed by atoms with Gasteiger partial charge in [-0.1, -0.05) is 44.1 Å². The van der Waals surface area contributed by atoms with E-state index >= 15 is 0 Å². The van der Waals surface area contributed by atoms with E-state index in [4.69, 9.17) is 4.84 Å². The Morgan fingerprint density at radius 3 is 2.80 bits per heavy atom. The third kappa shape index (κ3) is 2.94. The summed E-state index contributed by atoms with van der Waals surface area (Å²) in [6.07, 6.45) is 2.95. The Kier molecular flexibility index (Phi) is 3.67. The van der Waals surface area contributed by atoms with Crippen molar-refractivity contribution in [3.05, 3.63) is 35.6 Å². The maximum Gasteiger partial charge on any atom is 0.267 e. The highest BCUT2D eigenvalue weighted by molar-refractivity contribution is 6.04. The molecule has 134 valence electrons. The van der Waals surface area contributed by atoms with Crippen LogP contribution in [0, 0.1) is 16.6 Å². The molecule has 1 aliphatic carbocycles. The van der Waals surface area contributed by atoms with Gasteiger partial charge in [0.1, 0.15) is 5.82 Å². The topological polar surface area (TPSA) is 41.9 Å². The van der Waals surface area contributed by atoms with Gasteiger partial charge >= 0.3 is 0 Å². The van der Waals surface area contributed by atoms with Crippen LogP contribution in [0.15, 0.2) is 29.4 Å². The van der Waals surface area contributed by atoms with E-state index in [9.17, 15) is 9.18 Å². The normalized spacial score (nSPS) is 33.1. The number of rotatable bonds is 2. The van der Waals surface area contributed by atoms with E-state index in [1.165, 1.54) is 6.07 Å². The first-order valence-corrected chi connectivity index (χ1v) is 9.05. The van der Waals surface area contributed by atoms with Crippen LogP contribution in [0.4, 0.5) is 4.39 Å². The van der Waals surface area contributed by atoms with Crippen LogP contribution in [0.5, 0.6) is 0 Å². The molecule has 1 saturated heterocycles. The standard InChI is InChI=1S/C20H25FN2O2/c1-19(2)9-13-10-20(3,11-19)12-23(13)18(24)17-8-16(22-25-17)14-6-4-5-7-15(14)21/h4-7,13,17H,8-12H2,1-3H3/t13-,17+,20-/m1/s1. The zero-order chi connectivity index (χ0) is 17.8. The van der Waals surface area contributed by atoms with E-state index in [0.29, 0.717) is 17.7 Å². The number of amides is 1. The first-order valence-electron chi connectivity index (χ1n) is 9.05. The molecule has 0 aromatic heterocycles. The molecular formula is C20H25FN2O2. The molecule has 1 saturated carbocycles. The molecule has 5 heteroatoms. The molecule has 2 aliphatic heterocycles. The van der Waals surface area contributed by atoms with Gasteiger partial charge in [-0.05, 0) is 36.2 Å². The Labute approximate surface area is 148 Å². The maximum atomic E-state index is 14.0. The van der Waals surface area contributed by atoms with Crippen LogP contribution in [0.3, 0.4) is 0 Å². The van der Waals surface area contributed by atoms with Crippen molar-refractivity contribution in [2.45, 2.75) is 58.6 Å². The zero-order valence-electron chi connectivity index (χ0n) is 15.1. The Morgan fingerprint density at radius 1 is 1.28 bits per heavy atom. The van der Waals surface area contributed by atoms with E-state index in [0.717, 1.165) is 25.8 Å². The lowest BCUT2D eigenvalue weighted by Crippen LogP contribution is -2.43. The smallest absolute Gasteiger partial charge is 0.267 e. The minimum atomic E-state index is -0.624. The summed E-state index contributed by atoms with van der Waals surface area (Å²) in [6.45, 7) is 7.65. The molecule has 3 atom stereocenters. The summed E-state index contributed by atoms with van der Waals surface area (Å²) in [7, 11) is 0. The van der Waals surface area contributed by atoms with Crippen LogP contribution in [-0.4, -0.2) is 35.2 Å². The number of halogens is 1. The van der Waals surface area contributed by atoms with Crippen molar-refractivity contribution in [2.75, 3.05) is 6.54 Å². The number of oxime groups is 1. The van der Waals surface area contributed by atoms with Gasteiger partial charge in [-0.25, -0.2) is 4.39 Å². The molecule has 4 nitrogen and oxygen atoms in total. The second-order valence-electron chi connectivity index (χ2n) is 9.00. The second kappa shape index (κ2) is 5.55. The number of hydrogen-bond acceptors (Lipinski definition) is 3. The lowest BCUT2D eigenvalue weighted by molar-refractivity contribution is -0.143. The average molecular weight is 344 g/mol. The van der Waals surface area contributed by atoms with Gasteiger partial charge in [0.25, 0.3) is 5.91 Å². The molecule has 2 fully saturated rings. The van der Waals surface area contributed by atoms with Crippen molar-refractivity contribution in [1.82, 2.24) is 4.90 Å². The van der Waals surface area contributed by atoms with Crippen LogP contribution < -0.4 is 0 Å². The highest BCUT2D eigenvalue weighted by atomic mass is 19.1. The number of hydrogen-bond donors (Lipinski definition) is 0. The molecule has 0 N–H and O–H groups in total. The maximum absolute atomic E-state index is 14.0. The van der Waals surface area contributed by atoms with Crippen LogP contribution in [0.25, 0.3) is 0 Å².